The van der Waals surface area contributed by atoms with Crippen LogP contribution in [0.4, 0.5) is 17.3 Å². The third-order valence-electron chi connectivity index (χ3n) is 3.05. The van der Waals surface area contributed by atoms with Crippen LogP contribution in [0.25, 0.3) is 0 Å². The molecule has 20 heavy (non-hydrogen) atoms. The fourth-order valence-corrected chi connectivity index (χ4v) is 2.21. The number of aromatic nitrogens is 2. The van der Waals surface area contributed by atoms with Gasteiger partial charge in [0.05, 0.1) is 10.7 Å². The van der Waals surface area contributed by atoms with Gasteiger partial charge in [-0.25, -0.2) is 9.97 Å². The maximum Gasteiger partial charge on any atom is 0.136 e. The standard InChI is InChI=1S/C15H19ClN4/c1-4-20(5-2)15-10-14(17-11(3)18-15)19-13-9-7-6-8-12(13)16/h6-10H,4-5H2,1-3H3,(H,17,18,19). The van der Waals surface area contributed by atoms with Crippen LogP contribution in [0.5, 0.6) is 0 Å². The van der Waals surface area contributed by atoms with E-state index < -0.39 is 0 Å². The number of benzene rings is 1. The summed E-state index contributed by atoms with van der Waals surface area (Å²) < 4.78 is 0. The molecule has 0 saturated carbocycles. The molecular weight excluding hydrogens is 272 g/mol. The van der Waals surface area contributed by atoms with Crippen LogP contribution in [0, 0.1) is 6.92 Å². The van der Waals surface area contributed by atoms with Crippen molar-refractivity contribution in [1.82, 2.24) is 9.97 Å². The van der Waals surface area contributed by atoms with Gasteiger partial charge in [-0.2, -0.15) is 0 Å². The molecule has 0 unspecified atom stereocenters. The third-order valence-corrected chi connectivity index (χ3v) is 3.38. The first kappa shape index (κ1) is 14.6. The molecule has 1 N–H and O–H groups in total. The molecule has 1 aromatic carbocycles. The molecule has 0 aliphatic heterocycles. The number of anilines is 3. The molecule has 106 valence electrons. The summed E-state index contributed by atoms with van der Waals surface area (Å²) in [5.74, 6) is 2.42. The number of para-hydroxylation sites is 1. The van der Waals surface area contributed by atoms with E-state index in [1.807, 2.05) is 37.3 Å². The van der Waals surface area contributed by atoms with Gasteiger partial charge in [-0.3, -0.25) is 0 Å². The minimum absolute atomic E-state index is 0.674. The van der Waals surface area contributed by atoms with Crippen LogP contribution < -0.4 is 10.2 Å². The molecule has 4 nitrogen and oxygen atoms in total. The molecule has 0 saturated heterocycles. The molecule has 1 aromatic heterocycles. The molecule has 0 aliphatic carbocycles. The number of hydrogen-bond donors (Lipinski definition) is 1. The van der Waals surface area contributed by atoms with E-state index in [0.717, 1.165) is 36.2 Å². The molecule has 0 radical (unpaired) electrons. The van der Waals surface area contributed by atoms with Gasteiger partial charge in [0.25, 0.3) is 0 Å². The van der Waals surface area contributed by atoms with Crippen molar-refractivity contribution in [2.75, 3.05) is 23.3 Å². The summed E-state index contributed by atoms with van der Waals surface area (Å²) in [6.45, 7) is 7.95. The normalized spacial score (nSPS) is 10.4. The predicted molar refractivity (Wildman–Crippen MR) is 85.1 cm³/mol. The van der Waals surface area contributed by atoms with Crippen molar-refractivity contribution in [2.45, 2.75) is 20.8 Å². The van der Waals surface area contributed by atoms with Crippen molar-refractivity contribution in [3.8, 4) is 0 Å². The summed E-state index contributed by atoms with van der Waals surface area (Å²) in [6.07, 6.45) is 0. The molecule has 0 atom stereocenters. The highest BCUT2D eigenvalue weighted by Crippen LogP contribution is 2.25. The Morgan fingerprint density at radius 1 is 1.15 bits per heavy atom. The van der Waals surface area contributed by atoms with Crippen molar-refractivity contribution < 1.29 is 0 Å². The molecule has 2 aromatic rings. The topological polar surface area (TPSA) is 41.0 Å². The highest BCUT2D eigenvalue weighted by Gasteiger charge is 2.08. The summed E-state index contributed by atoms with van der Waals surface area (Å²) in [5, 5.41) is 3.92. The first-order valence-electron chi connectivity index (χ1n) is 6.76. The Kier molecular flexibility index (Phi) is 4.79. The van der Waals surface area contributed by atoms with E-state index in [9.17, 15) is 0 Å². The Hall–Kier alpha value is -1.81. The highest BCUT2D eigenvalue weighted by molar-refractivity contribution is 6.33. The van der Waals surface area contributed by atoms with Gasteiger partial charge in [-0.15, -0.1) is 0 Å². The number of aryl methyl sites for hydroxylation is 1. The van der Waals surface area contributed by atoms with Gasteiger partial charge < -0.3 is 10.2 Å². The fourth-order valence-electron chi connectivity index (χ4n) is 2.03. The van der Waals surface area contributed by atoms with Crippen LogP contribution in [-0.2, 0) is 0 Å². The molecule has 5 heteroatoms. The highest BCUT2D eigenvalue weighted by atomic mass is 35.5. The van der Waals surface area contributed by atoms with Gasteiger partial charge in [0.1, 0.15) is 17.5 Å². The molecule has 0 fully saturated rings. The van der Waals surface area contributed by atoms with E-state index >= 15 is 0 Å². The average molecular weight is 291 g/mol. The lowest BCUT2D eigenvalue weighted by molar-refractivity contribution is 0.835. The number of nitrogens with zero attached hydrogens (tertiary/aromatic N) is 3. The molecule has 2 rings (SSSR count). The number of hydrogen-bond acceptors (Lipinski definition) is 4. The third kappa shape index (κ3) is 3.39. The summed E-state index contributed by atoms with van der Waals surface area (Å²) in [4.78, 5) is 11.1. The van der Waals surface area contributed by atoms with Gasteiger partial charge in [0.15, 0.2) is 0 Å². The minimum Gasteiger partial charge on any atom is -0.357 e. The van der Waals surface area contributed by atoms with E-state index in [0.29, 0.717) is 5.02 Å². The van der Waals surface area contributed by atoms with E-state index in [1.165, 1.54) is 0 Å². The predicted octanol–water partition coefficient (Wildman–Crippen LogP) is 4.03. The fraction of sp³-hybridized carbons (Fsp3) is 0.333. The summed E-state index contributed by atoms with van der Waals surface area (Å²) in [6, 6.07) is 9.57. The van der Waals surface area contributed by atoms with Crippen LogP contribution in [0.1, 0.15) is 19.7 Å². The van der Waals surface area contributed by atoms with Crippen LogP contribution in [-0.4, -0.2) is 23.1 Å². The molecule has 0 spiro atoms. The summed E-state index contributed by atoms with van der Waals surface area (Å²) >= 11 is 6.15. The molecule has 0 aliphatic rings. The van der Waals surface area contributed by atoms with Crippen molar-refractivity contribution in [1.29, 1.82) is 0 Å². The second-order valence-electron chi connectivity index (χ2n) is 4.44. The quantitative estimate of drug-likeness (QED) is 0.903. The second kappa shape index (κ2) is 6.57. The Bertz CT molecular complexity index is 582. The Morgan fingerprint density at radius 3 is 2.50 bits per heavy atom. The monoisotopic (exact) mass is 290 g/mol. The van der Waals surface area contributed by atoms with Gasteiger partial charge in [-0.05, 0) is 32.9 Å². The van der Waals surface area contributed by atoms with Gasteiger partial charge >= 0.3 is 0 Å². The number of nitrogens with one attached hydrogen (secondary N) is 1. The lowest BCUT2D eigenvalue weighted by Crippen LogP contribution is -2.23. The smallest absolute Gasteiger partial charge is 0.136 e. The van der Waals surface area contributed by atoms with Crippen molar-refractivity contribution in [3.05, 3.63) is 41.2 Å². The summed E-state index contributed by atoms with van der Waals surface area (Å²) in [7, 11) is 0. The van der Waals surface area contributed by atoms with E-state index in [-0.39, 0.29) is 0 Å². The van der Waals surface area contributed by atoms with E-state index in [1.54, 1.807) is 0 Å². The first-order chi connectivity index (χ1) is 9.63. The van der Waals surface area contributed by atoms with Gasteiger partial charge in [0, 0.05) is 19.2 Å². The van der Waals surface area contributed by atoms with Crippen LogP contribution >= 0.6 is 11.6 Å². The SMILES string of the molecule is CCN(CC)c1cc(Nc2ccccc2Cl)nc(C)n1. The largest absolute Gasteiger partial charge is 0.357 e. The summed E-state index contributed by atoms with van der Waals surface area (Å²) in [5.41, 5.74) is 0.845. The van der Waals surface area contributed by atoms with E-state index in [2.05, 4.69) is 34.0 Å². The maximum atomic E-state index is 6.15. The Morgan fingerprint density at radius 2 is 1.85 bits per heavy atom. The maximum absolute atomic E-state index is 6.15. The lowest BCUT2D eigenvalue weighted by Gasteiger charge is -2.20. The minimum atomic E-state index is 0.674. The molecule has 0 bridgehead atoms. The Balaban J connectivity index is 2.31. The van der Waals surface area contributed by atoms with E-state index in [4.69, 9.17) is 11.6 Å². The number of rotatable bonds is 5. The van der Waals surface area contributed by atoms with Crippen LogP contribution in [0.2, 0.25) is 5.02 Å². The Labute approximate surface area is 124 Å². The van der Waals surface area contributed by atoms with Crippen LogP contribution in [0.3, 0.4) is 0 Å². The zero-order valence-electron chi connectivity index (χ0n) is 12.0. The average Bonchev–Trinajstić information content (AvgIpc) is 2.42. The van der Waals surface area contributed by atoms with Crippen molar-refractivity contribution in [2.24, 2.45) is 0 Å². The molecule has 0 amide bonds. The molecular formula is C15H19ClN4. The lowest BCUT2D eigenvalue weighted by atomic mass is 10.3. The first-order valence-corrected chi connectivity index (χ1v) is 7.14. The second-order valence-corrected chi connectivity index (χ2v) is 4.84. The number of halogens is 1. The zero-order chi connectivity index (χ0) is 14.5. The van der Waals surface area contributed by atoms with Crippen molar-refractivity contribution in [3.63, 3.8) is 0 Å². The molecule has 1 heterocycles. The zero-order valence-corrected chi connectivity index (χ0v) is 12.8. The van der Waals surface area contributed by atoms with Crippen molar-refractivity contribution >= 4 is 28.9 Å². The van der Waals surface area contributed by atoms with Gasteiger partial charge in [0.2, 0.25) is 0 Å². The van der Waals surface area contributed by atoms with Gasteiger partial charge in [-0.1, -0.05) is 23.7 Å². The van der Waals surface area contributed by atoms with Crippen LogP contribution in [0.15, 0.2) is 30.3 Å².